The Labute approximate surface area is 133 Å². The third-order valence-corrected chi connectivity index (χ3v) is 3.87. The van der Waals surface area contributed by atoms with Gasteiger partial charge in [-0.3, -0.25) is 9.59 Å². The number of amides is 1. The van der Waals surface area contributed by atoms with E-state index in [1.165, 1.54) is 4.57 Å². The maximum absolute atomic E-state index is 12.7. The lowest BCUT2D eigenvalue weighted by atomic mass is 10.2. The number of aryl methyl sites for hydroxylation is 1. The normalized spacial score (nSPS) is 10.9. The summed E-state index contributed by atoms with van der Waals surface area (Å²) in [5, 5.41) is 0. The highest BCUT2D eigenvalue weighted by atomic mass is 16.2. The Hall–Kier alpha value is -2.89. The summed E-state index contributed by atoms with van der Waals surface area (Å²) in [4.78, 5) is 30.8. The van der Waals surface area contributed by atoms with Crippen molar-refractivity contribution in [2.24, 2.45) is 7.05 Å². The van der Waals surface area contributed by atoms with Crippen molar-refractivity contribution in [3.63, 3.8) is 0 Å². The molecule has 3 heterocycles. The van der Waals surface area contributed by atoms with E-state index in [2.05, 4.69) is 4.98 Å². The van der Waals surface area contributed by atoms with Crippen molar-refractivity contribution in [2.45, 2.75) is 13.5 Å². The number of pyridine rings is 2. The maximum atomic E-state index is 12.7. The molecule has 0 aliphatic rings. The van der Waals surface area contributed by atoms with Gasteiger partial charge in [-0.1, -0.05) is 6.07 Å². The van der Waals surface area contributed by atoms with E-state index in [0.29, 0.717) is 13.1 Å². The molecule has 0 aliphatic heterocycles. The van der Waals surface area contributed by atoms with Gasteiger partial charge in [-0.2, -0.15) is 0 Å². The van der Waals surface area contributed by atoms with Crippen molar-refractivity contribution >= 4 is 11.6 Å². The smallest absolute Gasteiger partial charge is 0.263 e. The Morgan fingerprint density at radius 1 is 1.22 bits per heavy atom. The molecule has 0 fully saturated rings. The van der Waals surface area contributed by atoms with Crippen molar-refractivity contribution in [1.29, 1.82) is 0 Å². The van der Waals surface area contributed by atoms with Gasteiger partial charge in [-0.25, -0.2) is 4.98 Å². The molecule has 0 N–H and O–H groups in total. The van der Waals surface area contributed by atoms with E-state index in [4.69, 9.17) is 0 Å². The SMILES string of the molecule is CCN(Cc1cnc2ccccn12)C(=O)c1cccn(C)c1=O. The summed E-state index contributed by atoms with van der Waals surface area (Å²) in [6.07, 6.45) is 5.31. The molecule has 0 atom stereocenters. The zero-order valence-corrected chi connectivity index (χ0v) is 13.1. The molecule has 6 heteroatoms. The van der Waals surface area contributed by atoms with Gasteiger partial charge in [-0.15, -0.1) is 0 Å². The van der Waals surface area contributed by atoms with Crippen LogP contribution < -0.4 is 5.56 Å². The molecule has 3 aromatic rings. The van der Waals surface area contributed by atoms with Crippen LogP contribution in [-0.4, -0.2) is 31.3 Å². The number of carbonyl (C=O) groups is 1. The van der Waals surface area contributed by atoms with E-state index in [0.717, 1.165) is 11.3 Å². The fraction of sp³-hybridized carbons (Fsp3) is 0.235. The second-order valence-electron chi connectivity index (χ2n) is 5.34. The van der Waals surface area contributed by atoms with Crippen molar-refractivity contribution in [2.75, 3.05) is 6.54 Å². The van der Waals surface area contributed by atoms with E-state index in [9.17, 15) is 9.59 Å². The quantitative estimate of drug-likeness (QED) is 0.737. The molecule has 0 saturated carbocycles. The second kappa shape index (κ2) is 6.08. The van der Waals surface area contributed by atoms with Crippen LogP contribution in [0.1, 0.15) is 23.0 Å². The molecule has 0 spiro atoms. The summed E-state index contributed by atoms with van der Waals surface area (Å²) in [5.41, 5.74) is 1.64. The molecule has 3 rings (SSSR count). The molecule has 6 nitrogen and oxygen atoms in total. The first-order valence-corrected chi connectivity index (χ1v) is 7.47. The molecular formula is C17H18N4O2. The monoisotopic (exact) mass is 310 g/mol. The van der Waals surface area contributed by atoms with Crippen LogP contribution in [0.3, 0.4) is 0 Å². The van der Waals surface area contributed by atoms with Gasteiger partial charge in [-0.05, 0) is 31.2 Å². The molecule has 3 aromatic heterocycles. The first-order chi connectivity index (χ1) is 11.1. The fourth-order valence-electron chi connectivity index (χ4n) is 2.56. The van der Waals surface area contributed by atoms with Gasteiger partial charge >= 0.3 is 0 Å². The minimum atomic E-state index is -0.283. The second-order valence-corrected chi connectivity index (χ2v) is 5.34. The number of imidazole rings is 1. The average molecular weight is 310 g/mol. The van der Waals surface area contributed by atoms with Crippen LogP contribution in [0.2, 0.25) is 0 Å². The van der Waals surface area contributed by atoms with Gasteiger partial charge < -0.3 is 13.9 Å². The highest BCUT2D eigenvalue weighted by Crippen LogP contribution is 2.11. The first-order valence-electron chi connectivity index (χ1n) is 7.47. The Bertz CT molecular complexity index is 910. The Morgan fingerprint density at radius 2 is 2.04 bits per heavy atom. The van der Waals surface area contributed by atoms with Crippen LogP contribution in [0.4, 0.5) is 0 Å². The van der Waals surface area contributed by atoms with Gasteiger partial charge in [0, 0.05) is 26.0 Å². The zero-order chi connectivity index (χ0) is 16.4. The Kier molecular flexibility index (Phi) is 3.97. The topological polar surface area (TPSA) is 59.6 Å². The summed E-state index contributed by atoms with van der Waals surface area (Å²) in [7, 11) is 1.64. The Morgan fingerprint density at radius 3 is 2.83 bits per heavy atom. The molecule has 0 bridgehead atoms. The molecule has 0 aliphatic carbocycles. The summed E-state index contributed by atoms with van der Waals surface area (Å²) in [6, 6.07) is 9.03. The highest BCUT2D eigenvalue weighted by molar-refractivity contribution is 5.93. The first kappa shape index (κ1) is 15.0. The van der Waals surface area contributed by atoms with Crippen LogP contribution in [0.5, 0.6) is 0 Å². The van der Waals surface area contributed by atoms with Crippen molar-refractivity contribution < 1.29 is 4.79 Å². The number of nitrogens with zero attached hydrogens (tertiary/aromatic N) is 4. The van der Waals surface area contributed by atoms with E-state index < -0.39 is 0 Å². The van der Waals surface area contributed by atoms with Crippen molar-refractivity contribution in [3.05, 3.63) is 70.5 Å². The van der Waals surface area contributed by atoms with Crippen molar-refractivity contribution in [3.8, 4) is 0 Å². The molecular weight excluding hydrogens is 292 g/mol. The van der Waals surface area contributed by atoms with Crippen LogP contribution in [-0.2, 0) is 13.6 Å². The molecule has 118 valence electrons. The average Bonchev–Trinajstić information content (AvgIpc) is 2.97. The van der Waals surface area contributed by atoms with Crippen LogP contribution in [0.25, 0.3) is 5.65 Å². The Balaban J connectivity index is 1.92. The van der Waals surface area contributed by atoms with E-state index >= 15 is 0 Å². The summed E-state index contributed by atoms with van der Waals surface area (Å²) in [6.45, 7) is 2.81. The molecule has 0 aromatic carbocycles. The van der Waals surface area contributed by atoms with Gasteiger partial charge in [0.15, 0.2) is 0 Å². The number of rotatable bonds is 4. The molecule has 23 heavy (non-hydrogen) atoms. The minimum Gasteiger partial charge on any atom is -0.333 e. The van der Waals surface area contributed by atoms with Gasteiger partial charge in [0.1, 0.15) is 11.2 Å². The highest BCUT2D eigenvalue weighted by Gasteiger charge is 2.19. The predicted molar refractivity (Wildman–Crippen MR) is 87.3 cm³/mol. The molecule has 1 amide bonds. The number of fused-ring (bicyclic) bond motifs is 1. The number of hydrogen-bond acceptors (Lipinski definition) is 3. The fourth-order valence-corrected chi connectivity index (χ4v) is 2.56. The summed E-state index contributed by atoms with van der Waals surface area (Å²) < 4.78 is 3.36. The summed E-state index contributed by atoms with van der Waals surface area (Å²) in [5.74, 6) is -0.264. The van der Waals surface area contributed by atoms with Crippen LogP contribution >= 0.6 is 0 Å². The largest absolute Gasteiger partial charge is 0.333 e. The lowest BCUT2D eigenvalue weighted by molar-refractivity contribution is 0.0748. The third-order valence-electron chi connectivity index (χ3n) is 3.87. The number of aromatic nitrogens is 3. The van der Waals surface area contributed by atoms with Gasteiger partial charge in [0.25, 0.3) is 11.5 Å². The molecule has 0 radical (unpaired) electrons. The van der Waals surface area contributed by atoms with Crippen LogP contribution in [0.15, 0.2) is 53.7 Å². The van der Waals surface area contributed by atoms with E-state index in [1.54, 1.807) is 36.5 Å². The third kappa shape index (κ3) is 2.75. The van der Waals surface area contributed by atoms with Gasteiger partial charge in [0.05, 0.1) is 18.4 Å². The van der Waals surface area contributed by atoms with E-state index in [-0.39, 0.29) is 17.0 Å². The summed E-state index contributed by atoms with van der Waals surface area (Å²) >= 11 is 0. The minimum absolute atomic E-state index is 0.186. The van der Waals surface area contributed by atoms with Crippen molar-refractivity contribution in [1.82, 2.24) is 18.9 Å². The van der Waals surface area contributed by atoms with Crippen LogP contribution in [0, 0.1) is 0 Å². The molecule has 0 saturated heterocycles. The zero-order valence-electron chi connectivity index (χ0n) is 13.1. The predicted octanol–water partition coefficient (Wildman–Crippen LogP) is 1.70. The number of hydrogen-bond donors (Lipinski definition) is 0. The number of carbonyl (C=O) groups excluding carboxylic acids is 1. The lowest BCUT2D eigenvalue weighted by Crippen LogP contribution is -2.35. The standard InChI is InChI=1S/C17H18N4O2/c1-3-20(17(23)14-7-6-9-19(2)16(14)22)12-13-11-18-15-8-4-5-10-21(13)15/h4-11H,3,12H2,1-2H3. The van der Waals surface area contributed by atoms with Gasteiger partial charge in [0.2, 0.25) is 0 Å². The van der Waals surface area contributed by atoms with E-state index in [1.807, 2.05) is 35.7 Å². The molecule has 0 unspecified atom stereocenters. The lowest BCUT2D eigenvalue weighted by Gasteiger charge is -2.20. The maximum Gasteiger partial charge on any atom is 0.263 e.